The SMILES string of the molecule is CC(=O)c1sc(COc2cc(C)ccc2C)nc1C. The van der Waals surface area contributed by atoms with Crippen molar-refractivity contribution in [3.8, 4) is 5.75 Å². The number of thiazole rings is 1. The van der Waals surface area contributed by atoms with Crippen LogP contribution in [0.5, 0.6) is 5.75 Å². The van der Waals surface area contributed by atoms with Crippen molar-refractivity contribution in [1.29, 1.82) is 0 Å². The van der Waals surface area contributed by atoms with Crippen molar-refractivity contribution in [3.05, 3.63) is 44.9 Å². The molecule has 0 bridgehead atoms. The van der Waals surface area contributed by atoms with Crippen LogP contribution in [-0.2, 0) is 6.61 Å². The van der Waals surface area contributed by atoms with Crippen LogP contribution in [0.1, 0.15) is 38.4 Å². The van der Waals surface area contributed by atoms with Crippen molar-refractivity contribution in [2.45, 2.75) is 34.3 Å². The van der Waals surface area contributed by atoms with Crippen LogP contribution in [0.25, 0.3) is 0 Å². The molecule has 0 aliphatic heterocycles. The zero-order valence-corrected chi connectivity index (χ0v) is 12.4. The smallest absolute Gasteiger partial charge is 0.171 e. The average Bonchev–Trinajstić information content (AvgIpc) is 2.72. The second-order valence-electron chi connectivity index (χ2n) is 4.64. The predicted octanol–water partition coefficient (Wildman–Crippen LogP) is 3.85. The fourth-order valence-corrected chi connectivity index (χ4v) is 2.72. The van der Waals surface area contributed by atoms with Gasteiger partial charge in [-0.1, -0.05) is 12.1 Å². The predicted molar refractivity (Wildman–Crippen MR) is 77.1 cm³/mol. The van der Waals surface area contributed by atoms with E-state index in [0.29, 0.717) is 6.61 Å². The molecule has 100 valence electrons. The molecule has 2 aromatic rings. The highest BCUT2D eigenvalue weighted by Gasteiger charge is 2.12. The number of carbonyl (C=O) groups is 1. The number of ketones is 1. The van der Waals surface area contributed by atoms with Gasteiger partial charge in [-0.25, -0.2) is 4.98 Å². The molecule has 0 radical (unpaired) electrons. The first-order valence-corrected chi connectivity index (χ1v) is 6.96. The van der Waals surface area contributed by atoms with Crippen molar-refractivity contribution in [2.24, 2.45) is 0 Å². The van der Waals surface area contributed by atoms with Gasteiger partial charge in [0.25, 0.3) is 0 Å². The molecule has 0 saturated carbocycles. The summed E-state index contributed by atoms with van der Waals surface area (Å²) < 4.78 is 5.79. The van der Waals surface area contributed by atoms with Gasteiger partial charge in [0.05, 0.1) is 10.6 Å². The van der Waals surface area contributed by atoms with Crippen LogP contribution in [0, 0.1) is 20.8 Å². The molecule has 0 unspecified atom stereocenters. The lowest BCUT2D eigenvalue weighted by Gasteiger charge is -2.08. The van der Waals surface area contributed by atoms with Crippen molar-refractivity contribution in [3.63, 3.8) is 0 Å². The number of benzene rings is 1. The first-order valence-electron chi connectivity index (χ1n) is 6.14. The lowest BCUT2D eigenvalue weighted by molar-refractivity contribution is 0.102. The summed E-state index contributed by atoms with van der Waals surface area (Å²) >= 11 is 1.41. The highest BCUT2D eigenvalue weighted by molar-refractivity contribution is 7.13. The number of Topliss-reactive ketones (excluding diaryl/α,β-unsaturated/α-hetero) is 1. The normalized spacial score (nSPS) is 10.5. The second kappa shape index (κ2) is 5.53. The second-order valence-corrected chi connectivity index (χ2v) is 5.72. The van der Waals surface area contributed by atoms with E-state index in [1.165, 1.54) is 16.9 Å². The van der Waals surface area contributed by atoms with Gasteiger partial charge in [-0.2, -0.15) is 0 Å². The molecule has 3 nitrogen and oxygen atoms in total. The van der Waals surface area contributed by atoms with Gasteiger partial charge in [0.15, 0.2) is 5.78 Å². The Labute approximate surface area is 117 Å². The van der Waals surface area contributed by atoms with Crippen molar-refractivity contribution in [1.82, 2.24) is 4.98 Å². The van der Waals surface area contributed by atoms with Crippen LogP contribution in [0.4, 0.5) is 0 Å². The van der Waals surface area contributed by atoms with Crippen molar-refractivity contribution < 1.29 is 9.53 Å². The summed E-state index contributed by atoms with van der Waals surface area (Å²) in [5, 5.41) is 0.837. The number of hydrogen-bond donors (Lipinski definition) is 0. The van der Waals surface area contributed by atoms with Gasteiger partial charge in [0, 0.05) is 6.92 Å². The Morgan fingerprint density at radius 2 is 2.05 bits per heavy atom. The number of ether oxygens (including phenoxy) is 1. The maximum atomic E-state index is 11.4. The number of carbonyl (C=O) groups excluding carboxylic acids is 1. The third kappa shape index (κ3) is 3.20. The molecule has 0 aliphatic carbocycles. The summed E-state index contributed by atoms with van der Waals surface area (Å²) in [7, 11) is 0. The maximum Gasteiger partial charge on any atom is 0.171 e. The molecular formula is C15H17NO2S. The van der Waals surface area contributed by atoms with Gasteiger partial charge < -0.3 is 4.74 Å². The van der Waals surface area contributed by atoms with E-state index in [0.717, 1.165) is 26.9 Å². The topological polar surface area (TPSA) is 39.2 Å². The molecule has 1 aromatic carbocycles. The Morgan fingerprint density at radius 3 is 2.68 bits per heavy atom. The quantitative estimate of drug-likeness (QED) is 0.796. The Morgan fingerprint density at radius 1 is 1.32 bits per heavy atom. The van der Waals surface area contributed by atoms with E-state index < -0.39 is 0 Å². The van der Waals surface area contributed by atoms with Crippen LogP contribution in [0.15, 0.2) is 18.2 Å². The molecule has 0 N–H and O–H groups in total. The number of hydrogen-bond acceptors (Lipinski definition) is 4. The molecule has 0 fully saturated rings. The largest absolute Gasteiger partial charge is 0.486 e. The molecule has 0 amide bonds. The van der Waals surface area contributed by atoms with E-state index in [9.17, 15) is 4.79 Å². The third-order valence-electron chi connectivity index (χ3n) is 2.86. The number of aryl methyl sites for hydroxylation is 3. The first-order chi connectivity index (χ1) is 8.97. The lowest BCUT2D eigenvalue weighted by atomic mass is 10.1. The molecule has 2 rings (SSSR count). The zero-order valence-electron chi connectivity index (χ0n) is 11.6. The van der Waals surface area contributed by atoms with E-state index in [-0.39, 0.29) is 5.78 Å². The fourth-order valence-electron chi connectivity index (χ4n) is 1.84. The molecule has 0 spiro atoms. The van der Waals surface area contributed by atoms with E-state index in [1.54, 1.807) is 6.92 Å². The Balaban J connectivity index is 2.12. The monoisotopic (exact) mass is 275 g/mol. The van der Waals surface area contributed by atoms with Gasteiger partial charge in [-0.15, -0.1) is 11.3 Å². The minimum atomic E-state index is 0.0630. The molecule has 0 atom stereocenters. The summed E-state index contributed by atoms with van der Waals surface area (Å²) in [5.41, 5.74) is 3.06. The number of aromatic nitrogens is 1. The minimum Gasteiger partial charge on any atom is -0.486 e. The molecule has 4 heteroatoms. The van der Waals surface area contributed by atoms with Gasteiger partial charge in [0.2, 0.25) is 0 Å². The van der Waals surface area contributed by atoms with Gasteiger partial charge in [0.1, 0.15) is 17.4 Å². The van der Waals surface area contributed by atoms with Gasteiger partial charge in [-0.05, 0) is 38.0 Å². The van der Waals surface area contributed by atoms with E-state index in [4.69, 9.17) is 4.74 Å². The van der Waals surface area contributed by atoms with Crippen LogP contribution < -0.4 is 4.74 Å². The Kier molecular flexibility index (Phi) is 4.00. The highest BCUT2D eigenvalue weighted by Crippen LogP contribution is 2.23. The average molecular weight is 275 g/mol. The zero-order chi connectivity index (χ0) is 14.0. The van der Waals surface area contributed by atoms with Gasteiger partial charge in [-0.3, -0.25) is 4.79 Å². The third-order valence-corrected chi connectivity index (χ3v) is 4.09. The number of nitrogens with zero attached hydrogens (tertiary/aromatic N) is 1. The van der Waals surface area contributed by atoms with Crippen LogP contribution in [0.2, 0.25) is 0 Å². The molecule has 1 aromatic heterocycles. The molecule has 19 heavy (non-hydrogen) atoms. The summed E-state index contributed by atoms with van der Waals surface area (Å²) in [6.07, 6.45) is 0. The number of rotatable bonds is 4. The summed E-state index contributed by atoms with van der Waals surface area (Å²) in [5.74, 6) is 0.935. The van der Waals surface area contributed by atoms with E-state index in [1.807, 2.05) is 32.9 Å². The molecular weight excluding hydrogens is 258 g/mol. The molecule has 0 saturated heterocycles. The molecule has 0 aliphatic rings. The molecule has 1 heterocycles. The summed E-state index contributed by atoms with van der Waals surface area (Å²) in [6.45, 7) is 7.88. The fraction of sp³-hybridized carbons (Fsp3) is 0.333. The van der Waals surface area contributed by atoms with E-state index >= 15 is 0 Å². The summed E-state index contributed by atoms with van der Waals surface area (Å²) in [4.78, 5) is 16.5. The Bertz CT molecular complexity index is 617. The summed E-state index contributed by atoms with van der Waals surface area (Å²) in [6, 6.07) is 6.12. The maximum absolute atomic E-state index is 11.4. The standard InChI is InChI=1S/C15H17NO2S/c1-9-5-6-10(2)13(7-9)18-8-14-16-11(3)15(19-14)12(4)17/h5-7H,8H2,1-4H3. The minimum absolute atomic E-state index is 0.0630. The van der Waals surface area contributed by atoms with Crippen LogP contribution in [0.3, 0.4) is 0 Å². The lowest BCUT2D eigenvalue weighted by Crippen LogP contribution is -1.97. The first kappa shape index (κ1) is 13.7. The Hall–Kier alpha value is -1.68. The van der Waals surface area contributed by atoms with E-state index in [2.05, 4.69) is 11.1 Å². The van der Waals surface area contributed by atoms with Gasteiger partial charge >= 0.3 is 0 Å². The van der Waals surface area contributed by atoms with Crippen molar-refractivity contribution in [2.75, 3.05) is 0 Å². The van der Waals surface area contributed by atoms with Crippen molar-refractivity contribution >= 4 is 17.1 Å². The highest BCUT2D eigenvalue weighted by atomic mass is 32.1. The van der Waals surface area contributed by atoms with Crippen LogP contribution >= 0.6 is 11.3 Å². The van der Waals surface area contributed by atoms with Crippen LogP contribution in [-0.4, -0.2) is 10.8 Å².